The first-order chi connectivity index (χ1) is 8.58. The number of nitrogens with one attached hydrogen (secondary N) is 1. The molecular formula is C14H12ClFN2. The zero-order valence-corrected chi connectivity index (χ0v) is 10.3. The first-order valence-corrected chi connectivity index (χ1v) is 5.71. The van der Waals surface area contributed by atoms with Crippen LogP contribution in [0, 0.1) is 5.82 Å². The summed E-state index contributed by atoms with van der Waals surface area (Å²) in [5.41, 5.74) is 7.76. The molecule has 0 unspecified atom stereocenters. The van der Waals surface area contributed by atoms with E-state index in [9.17, 15) is 4.39 Å². The van der Waals surface area contributed by atoms with Crippen molar-refractivity contribution in [2.24, 2.45) is 0 Å². The molecule has 3 N–H and O–H groups in total. The van der Waals surface area contributed by atoms with Crippen LogP contribution in [0.2, 0.25) is 5.02 Å². The molecule has 0 amide bonds. The Kier molecular flexibility index (Phi) is 3.53. The van der Waals surface area contributed by atoms with Crippen LogP contribution >= 0.6 is 11.6 Å². The number of hydrogen-bond donors (Lipinski definition) is 2. The predicted molar refractivity (Wildman–Crippen MR) is 74.9 cm³/mol. The second-order valence-electron chi connectivity index (χ2n) is 3.82. The van der Waals surface area contributed by atoms with Crippen LogP contribution in [-0.4, -0.2) is 0 Å². The summed E-state index contributed by atoms with van der Waals surface area (Å²) in [4.78, 5) is 0. The highest BCUT2D eigenvalue weighted by atomic mass is 35.5. The van der Waals surface area contributed by atoms with Gasteiger partial charge in [-0.05, 0) is 30.3 Å². The Balaban J connectivity index is 2.28. The Hall–Kier alpha value is -2.00. The van der Waals surface area contributed by atoms with Gasteiger partial charge in [0.15, 0.2) is 0 Å². The largest absolute Gasteiger partial charge is 0.399 e. The molecule has 0 aliphatic heterocycles. The third-order valence-corrected chi connectivity index (χ3v) is 2.80. The molecule has 92 valence electrons. The molecule has 18 heavy (non-hydrogen) atoms. The summed E-state index contributed by atoms with van der Waals surface area (Å²) in [6.45, 7) is 3.85. The molecule has 2 aromatic carbocycles. The molecule has 0 spiro atoms. The van der Waals surface area contributed by atoms with Gasteiger partial charge in [-0.15, -0.1) is 0 Å². The lowest BCUT2D eigenvalue weighted by Gasteiger charge is -2.12. The fraction of sp³-hybridized carbons (Fsp3) is 0. The Bertz CT molecular complexity index is 596. The first-order valence-electron chi connectivity index (χ1n) is 5.34. The van der Waals surface area contributed by atoms with Gasteiger partial charge in [-0.3, -0.25) is 0 Å². The van der Waals surface area contributed by atoms with Crippen LogP contribution in [0.1, 0.15) is 5.56 Å². The molecule has 0 fully saturated rings. The van der Waals surface area contributed by atoms with Gasteiger partial charge in [-0.25, -0.2) is 4.39 Å². The lowest BCUT2D eigenvalue weighted by Crippen LogP contribution is -2.00. The molecular weight excluding hydrogens is 251 g/mol. The van der Waals surface area contributed by atoms with E-state index in [4.69, 9.17) is 17.3 Å². The van der Waals surface area contributed by atoms with Gasteiger partial charge < -0.3 is 11.1 Å². The molecule has 2 aromatic rings. The number of nitrogen functional groups attached to an aromatic ring is 1. The number of para-hydroxylation sites is 1. The molecule has 0 bridgehead atoms. The molecule has 0 aliphatic rings. The molecule has 4 heteroatoms. The number of rotatable bonds is 3. The number of halogens is 2. The topological polar surface area (TPSA) is 38.0 Å². The molecule has 0 aliphatic carbocycles. The lowest BCUT2D eigenvalue weighted by atomic mass is 10.1. The minimum Gasteiger partial charge on any atom is -0.399 e. The summed E-state index contributed by atoms with van der Waals surface area (Å²) in [5.74, 6) is -0.348. The Morgan fingerprint density at radius 2 is 1.94 bits per heavy atom. The minimum atomic E-state index is -0.348. The van der Waals surface area contributed by atoms with Gasteiger partial charge in [0.25, 0.3) is 0 Å². The van der Waals surface area contributed by atoms with Crippen LogP contribution < -0.4 is 11.1 Å². The highest BCUT2D eigenvalue weighted by Gasteiger charge is 2.07. The third-order valence-electron chi connectivity index (χ3n) is 2.47. The van der Waals surface area contributed by atoms with Crippen LogP contribution in [0.25, 0.3) is 5.70 Å². The van der Waals surface area contributed by atoms with Gasteiger partial charge in [0.05, 0.1) is 10.7 Å². The second-order valence-corrected chi connectivity index (χ2v) is 4.23. The van der Waals surface area contributed by atoms with Crippen molar-refractivity contribution < 1.29 is 4.39 Å². The zero-order chi connectivity index (χ0) is 13.1. The van der Waals surface area contributed by atoms with Crippen LogP contribution in [0.5, 0.6) is 0 Å². The van der Waals surface area contributed by atoms with E-state index in [2.05, 4.69) is 11.9 Å². The highest BCUT2D eigenvalue weighted by Crippen LogP contribution is 2.27. The second kappa shape index (κ2) is 5.10. The molecule has 0 heterocycles. The molecule has 0 saturated carbocycles. The van der Waals surface area contributed by atoms with Crippen LogP contribution in [-0.2, 0) is 0 Å². The summed E-state index contributed by atoms with van der Waals surface area (Å²) in [6, 6.07) is 11.4. The van der Waals surface area contributed by atoms with E-state index >= 15 is 0 Å². The van der Waals surface area contributed by atoms with Crippen molar-refractivity contribution in [1.82, 2.24) is 0 Å². The fourth-order valence-electron chi connectivity index (χ4n) is 1.57. The van der Waals surface area contributed by atoms with E-state index in [1.165, 1.54) is 6.07 Å². The standard InChI is InChI=1S/C14H12ClFN2/c1-9(11-8-10(17)6-7-12(11)15)18-14-5-3-2-4-13(14)16/h2-8,18H,1,17H2. The van der Waals surface area contributed by atoms with Crippen molar-refractivity contribution in [3.63, 3.8) is 0 Å². The average molecular weight is 263 g/mol. The molecule has 0 radical (unpaired) electrons. The maximum absolute atomic E-state index is 13.5. The van der Waals surface area contributed by atoms with E-state index in [0.717, 1.165) is 0 Å². The monoisotopic (exact) mass is 262 g/mol. The van der Waals surface area contributed by atoms with E-state index in [1.807, 2.05) is 0 Å². The van der Waals surface area contributed by atoms with E-state index in [0.29, 0.717) is 27.7 Å². The van der Waals surface area contributed by atoms with Crippen molar-refractivity contribution in [1.29, 1.82) is 0 Å². The van der Waals surface area contributed by atoms with Gasteiger partial charge in [0.1, 0.15) is 5.82 Å². The Morgan fingerprint density at radius 3 is 2.67 bits per heavy atom. The van der Waals surface area contributed by atoms with E-state index < -0.39 is 0 Å². The minimum absolute atomic E-state index is 0.348. The normalized spacial score (nSPS) is 10.1. The maximum atomic E-state index is 13.5. The summed E-state index contributed by atoms with van der Waals surface area (Å²) >= 11 is 6.05. The number of hydrogen-bond acceptors (Lipinski definition) is 2. The van der Waals surface area contributed by atoms with Gasteiger partial charge in [0.2, 0.25) is 0 Å². The van der Waals surface area contributed by atoms with Crippen LogP contribution in [0.4, 0.5) is 15.8 Å². The third kappa shape index (κ3) is 2.63. The summed E-state index contributed by atoms with van der Waals surface area (Å²) < 4.78 is 13.5. The maximum Gasteiger partial charge on any atom is 0.146 e. The average Bonchev–Trinajstić information content (AvgIpc) is 2.35. The van der Waals surface area contributed by atoms with Gasteiger partial charge in [-0.2, -0.15) is 0 Å². The smallest absolute Gasteiger partial charge is 0.146 e. The van der Waals surface area contributed by atoms with Crippen LogP contribution in [0.3, 0.4) is 0 Å². The Labute approximate surface area is 110 Å². The fourth-order valence-corrected chi connectivity index (χ4v) is 1.80. The van der Waals surface area contributed by atoms with E-state index in [-0.39, 0.29) is 5.82 Å². The quantitative estimate of drug-likeness (QED) is 0.816. The van der Waals surface area contributed by atoms with Gasteiger partial charge >= 0.3 is 0 Å². The van der Waals surface area contributed by atoms with Crippen molar-refractivity contribution in [2.75, 3.05) is 11.1 Å². The zero-order valence-electron chi connectivity index (χ0n) is 9.58. The van der Waals surface area contributed by atoms with Crippen LogP contribution in [0.15, 0.2) is 49.0 Å². The number of nitrogens with two attached hydrogens (primary N) is 1. The molecule has 0 atom stereocenters. The highest BCUT2D eigenvalue weighted by molar-refractivity contribution is 6.32. The van der Waals surface area contributed by atoms with Crippen molar-refractivity contribution in [2.45, 2.75) is 0 Å². The first kappa shape index (κ1) is 12.5. The van der Waals surface area contributed by atoms with Crippen molar-refractivity contribution in [3.8, 4) is 0 Å². The molecule has 2 nitrogen and oxygen atoms in total. The van der Waals surface area contributed by atoms with E-state index in [1.54, 1.807) is 36.4 Å². The summed E-state index contributed by atoms with van der Waals surface area (Å²) in [6.07, 6.45) is 0. The molecule has 2 rings (SSSR count). The summed E-state index contributed by atoms with van der Waals surface area (Å²) in [5, 5.41) is 3.40. The van der Waals surface area contributed by atoms with Gasteiger partial charge in [0, 0.05) is 16.9 Å². The SMILES string of the molecule is C=C(Nc1ccccc1F)c1cc(N)ccc1Cl. The number of anilines is 2. The van der Waals surface area contributed by atoms with Crippen molar-refractivity contribution in [3.05, 3.63) is 65.4 Å². The number of benzene rings is 2. The summed E-state index contributed by atoms with van der Waals surface area (Å²) in [7, 11) is 0. The van der Waals surface area contributed by atoms with Crippen molar-refractivity contribution >= 4 is 28.7 Å². The van der Waals surface area contributed by atoms with Gasteiger partial charge in [-0.1, -0.05) is 30.3 Å². The predicted octanol–water partition coefficient (Wildman–Crippen LogP) is 4.14. The molecule has 0 saturated heterocycles. The molecule has 0 aromatic heterocycles. The lowest BCUT2D eigenvalue weighted by molar-refractivity contribution is 0.632. The Morgan fingerprint density at radius 1 is 1.22 bits per heavy atom.